The van der Waals surface area contributed by atoms with Gasteiger partial charge in [0, 0.05) is 24.2 Å². The Bertz CT molecular complexity index is 694. The summed E-state index contributed by atoms with van der Waals surface area (Å²) in [6.07, 6.45) is 1.05. The number of anilines is 1. The number of methoxy groups -OCH3 is 1. The summed E-state index contributed by atoms with van der Waals surface area (Å²) in [4.78, 5) is 11.1. The van der Waals surface area contributed by atoms with Gasteiger partial charge in [-0.15, -0.1) is 0 Å². The van der Waals surface area contributed by atoms with Gasteiger partial charge in [0.1, 0.15) is 0 Å². The molecule has 126 valence electrons. The van der Waals surface area contributed by atoms with Crippen molar-refractivity contribution in [1.82, 2.24) is 0 Å². The molecule has 0 bridgehead atoms. The van der Waals surface area contributed by atoms with E-state index in [0.29, 0.717) is 24.9 Å². The highest BCUT2D eigenvalue weighted by Crippen LogP contribution is 2.13. The summed E-state index contributed by atoms with van der Waals surface area (Å²) in [6, 6.07) is 15.4. The van der Waals surface area contributed by atoms with Crippen LogP contribution in [0.1, 0.15) is 23.1 Å². The van der Waals surface area contributed by atoms with Crippen molar-refractivity contribution in [2.75, 3.05) is 12.4 Å². The van der Waals surface area contributed by atoms with Crippen molar-refractivity contribution in [3.05, 3.63) is 65.2 Å². The molecular weight excluding hydrogens is 306 g/mol. The number of oxime groups is 1. The van der Waals surface area contributed by atoms with E-state index in [-0.39, 0.29) is 11.8 Å². The highest BCUT2D eigenvalue weighted by molar-refractivity contribution is 5.96. The molecule has 0 heterocycles. The Balaban J connectivity index is 1.87. The minimum Gasteiger partial charge on any atom is -0.469 e. The van der Waals surface area contributed by atoms with Crippen LogP contribution in [0.2, 0.25) is 0 Å². The molecule has 0 aliphatic rings. The second kappa shape index (κ2) is 8.57. The molecule has 0 radical (unpaired) electrons. The fourth-order valence-corrected chi connectivity index (χ4v) is 2.19. The van der Waals surface area contributed by atoms with Crippen LogP contribution in [0.5, 0.6) is 0 Å². The maximum atomic E-state index is 11.1. The van der Waals surface area contributed by atoms with Gasteiger partial charge in [-0.3, -0.25) is 4.79 Å². The van der Waals surface area contributed by atoms with Crippen LogP contribution in [0.25, 0.3) is 0 Å². The Morgan fingerprint density at radius 3 is 2.33 bits per heavy atom. The summed E-state index contributed by atoms with van der Waals surface area (Å²) in [5, 5.41) is 14.9. The number of aryl methyl sites for hydroxylation is 1. The molecule has 0 aliphatic heterocycles. The highest BCUT2D eigenvalue weighted by Gasteiger charge is 2.02. The molecule has 24 heavy (non-hydrogen) atoms. The normalized spacial score (nSPS) is 11.1. The number of ether oxygens (including phenoxy) is 1. The van der Waals surface area contributed by atoms with Crippen LogP contribution in [0.15, 0.2) is 53.7 Å². The number of rotatable bonds is 7. The molecule has 0 saturated carbocycles. The van der Waals surface area contributed by atoms with E-state index in [4.69, 9.17) is 10.9 Å². The summed E-state index contributed by atoms with van der Waals surface area (Å²) in [7, 11) is 1.40. The van der Waals surface area contributed by atoms with Crippen LogP contribution in [0, 0.1) is 0 Å². The Morgan fingerprint density at radius 2 is 1.75 bits per heavy atom. The lowest BCUT2D eigenvalue weighted by atomic mass is 10.1. The van der Waals surface area contributed by atoms with Crippen molar-refractivity contribution in [2.24, 2.45) is 10.9 Å². The first-order valence-corrected chi connectivity index (χ1v) is 7.59. The Kier molecular flexibility index (Phi) is 6.19. The third kappa shape index (κ3) is 5.01. The molecule has 0 saturated heterocycles. The van der Waals surface area contributed by atoms with E-state index in [1.165, 1.54) is 7.11 Å². The number of hydrogen-bond donors (Lipinski definition) is 3. The zero-order chi connectivity index (χ0) is 17.4. The average molecular weight is 327 g/mol. The summed E-state index contributed by atoms with van der Waals surface area (Å²) in [6.45, 7) is 0.665. The Morgan fingerprint density at radius 1 is 1.12 bits per heavy atom. The summed E-state index contributed by atoms with van der Waals surface area (Å²) >= 11 is 0. The molecule has 2 aromatic carbocycles. The van der Waals surface area contributed by atoms with Gasteiger partial charge in [0.2, 0.25) is 0 Å². The van der Waals surface area contributed by atoms with E-state index in [1.54, 1.807) is 0 Å². The lowest BCUT2D eigenvalue weighted by molar-refractivity contribution is -0.140. The summed E-state index contributed by atoms with van der Waals surface area (Å²) in [5.41, 5.74) is 9.38. The Hall–Kier alpha value is -3.02. The van der Waals surface area contributed by atoms with Crippen molar-refractivity contribution >= 4 is 17.5 Å². The smallest absolute Gasteiger partial charge is 0.305 e. The predicted molar refractivity (Wildman–Crippen MR) is 93.1 cm³/mol. The number of carbonyl (C=O) groups excluding carboxylic acids is 1. The zero-order valence-corrected chi connectivity index (χ0v) is 13.5. The maximum Gasteiger partial charge on any atom is 0.305 e. The average Bonchev–Trinajstić information content (AvgIpc) is 2.65. The summed E-state index contributed by atoms with van der Waals surface area (Å²) in [5.74, 6) is -0.107. The van der Waals surface area contributed by atoms with Gasteiger partial charge < -0.3 is 21.0 Å². The largest absolute Gasteiger partial charge is 0.469 e. The number of hydrogen-bond acceptors (Lipinski definition) is 5. The van der Waals surface area contributed by atoms with Crippen LogP contribution < -0.4 is 11.1 Å². The number of esters is 1. The molecule has 0 spiro atoms. The molecule has 0 atom stereocenters. The second-order valence-electron chi connectivity index (χ2n) is 5.31. The maximum absolute atomic E-state index is 11.1. The minimum absolute atomic E-state index is 0.0945. The highest BCUT2D eigenvalue weighted by atomic mass is 16.5. The lowest BCUT2D eigenvalue weighted by Gasteiger charge is -2.08. The third-order valence-corrected chi connectivity index (χ3v) is 3.65. The second-order valence-corrected chi connectivity index (χ2v) is 5.31. The first-order chi connectivity index (χ1) is 11.6. The number of nitrogens with two attached hydrogens (primary N) is 1. The molecule has 0 aliphatic carbocycles. The fraction of sp³-hybridized carbons (Fsp3) is 0.222. The number of benzene rings is 2. The molecule has 4 N–H and O–H groups in total. The van der Waals surface area contributed by atoms with E-state index in [9.17, 15) is 4.79 Å². The molecule has 0 unspecified atom stereocenters. The quantitative estimate of drug-likeness (QED) is 0.239. The first-order valence-electron chi connectivity index (χ1n) is 7.59. The zero-order valence-electron chi connectivity index (χ0n) is 13.5. The van der Waals surface area contributed by atoms with Crippen molar-refractivity contribution in [2.45, 2.75) is 19.4 Å². The van der Waals surface area contributed by atoms with Crippen molar-refractivity contribution < 1.29 is 14.7 Å². The van der Waals surface area contributed by atoms with E-state index in [2.05, 4.69) is 15.2 Å². The minimum atomic E-state index is -0.201. The molecule has 6 heteroatoms. The predicted octanol–water partition coefficient (Wildman–Crippen LogP) is 2.50. The monoisotopic (exact) mass is 327 g/mol. The van der Waals surface area contributed by atoms with Crippen LogP contribution in [0.4, 0.5) is 5.69 Å². The van der Waals surface area contributed by atoms with Crippen LogP contribution in [0.3, 0.4) is 0 Å². The van der Waals surface area contributed by atoms with Gasteiger partial charge in [-0.05, 0) is 29.7 Å². The first kappa shape index (κ1) is 17.3. The van der Waals surface area contributed by atoms with Gasteiger partial charge >= 0.3 is 5.97 Å². The molecule has 2 rings (SSSR count). The van der Waals surface area contributed by atoms with Gasteiger partial charge in [-0.2, -0.15) is 0 Å². The molecule has 6 nitrogen and oxygen atoms in total. The van der Waals surface area contributed by atoms with E-state index < -0.39 is 0 Å². The fourth-order valence-electron chi connectivity index (χ4n) is 2.19. The van der Waals surface area contributed by atoms with Gasteiger partial charge in [0.05, 0.1) is 7.11 Å². The van der Waals surface area contributed by atoms with Crippen molar-refractivity contribution in [3.8, 4) is 0 Å². The molecule has 0 aromatic heterocycles. The standard InChI is InChI=1S/C18H21N3O3/c1-24-17(22)11-6-13-4-9-16(10-5-13)20-12-14-2-7-15(8-3-14)18(19)21-23/h2-5,7-10,20,23H,6,11-12H2,1H3,(H2,19,21). The lowest BCUT2D eigenvalue weighted by Crippen LogP contribution is -2.13. The molecular formula is C18H21N3O3. The van der Waals surface area contributed by atoms with E-state index in [1.807, 2.05) is 48.5 Å². The SMILES string of the molecule is COC(=O)CCc1ccc(NCc2ccc(/C(N)=N/O)cc2)cc1. The number of carbonyl (C=O) groups is 1. The number of amidine groups is 1. The van der Waals surface area contributed by atoms with Crippen LogP contribution >= 0.6 is 0 Å². The van der Waals surface area contributed by atoms with E-state index in [0.717, 1.165) is 16.8 Å². The Labute approximate surface area is 140 Å². The molecule has 2 aromatic rings. The van der Waals surface area contributed by atoms with Gasteiger partial charge in [-0.25, -0.2) is 0 Å². The van der Waals surface area contributed by atoms with Crippen molar-refractivity contribution in [3.63, 3.8) is 0 Å². The molecule has 0 amide bonds. The van der Waals surface area contributed by atoms with Crippen LogP contribution in [-0.4, -0.2) is 24.1 Å². The van der Waals surface area contributed by atoms with Gasteiger partial charge in [0.15, 0.2) is 5.84 Å². The van der Waals surface area contributed by atoms with Crippen LogP contribution in [-0.2, 0) is 22.5 Å². The van der Waals surface area contributed by atoms with Crippen molar-refractivity contribution in [1.29, 1.82) is 0 Å². The number of nitrogens with zero attached hydrogens (tertiary/aromatic N) is 1. The number of nitrogens with one attached hydrogen (secondary N) is 1. The topological polar surface area (TPSA) is 96.9 Å². The summed E-state index contributed by atoms with van der Waals surface area (Å²) < 4.78 is 4.63. The third-order valence-electron chi connectivity index (χ3n) is 3.65. The van der Waals surface area contributed by atoms with Gasteiger partial charge in [0.25, 0.3) is 0 Å². The molecule has 0 fully saturated rings. The van der Waals surface area contributed by atoms with Gasteiger partial charge in [-0.1, -0.05) is 41.6 Å². The van der Waals surface area contributed by atoms with E-state index >= 15 is 0 Å².